The van der Waals surface area contributed by atoms with Gasteiger partial charge in [-0.15, -0.1) is 0 Å². The second-order valence-corrected chi connectivity index (χ2v) is 5.52. The summed E-state index contributed by atoms with van der Waals surface area (Å²) >= 11 is 0. The predicted octanol–water partition coefficient (Wildman–Crippen LogP) is 2.71. The van der Waals surface area contributed by atoms with Crippen LogP contribution in [0.3, 0.4) is 0 Å². The lowest BCUT2D eigenvalue weighted by Gasteiger charge is -2.41. The number of carbonyl (C=O) groups is 1. The van der Waals surface area contributed by atoms with Crippen molar-refractivity contribution in [1.29, 1.82) is 0 Å². The van der Waals surface area contributed by atoms with Gasteiger partial charge in [-0.2, -0.15) is 0 Å². The van der Waals surface area contributed by atoms with E-state index in [1.807, 2.05) is 0 Å². The number of rotatable bonds is 2. The quantitative estimate of drug-likeness (QED) is 0.746. The first-order valence-electron chi connectivity index (χ1n) is 6.50. The molecule has 0 aromatic heterocycles. The minimum atomic E-state index is -0.0638. The van der Waals surface area contributed by atoms with Crippen molar-refractivity contribution in [3.63, 3.8) is 0 Å². The normalized spacial score (nSPS) is 40.9. The van der Waals surface area contributed by atoms with Crippen LogP contribution in [0, 0.1) is 23.7 Å². The van der Waals surface area contributed by atoms with Crippen LogP contribution in [-0.2, 0) is 4.79 Å². The van der Waals surface area contributed by atoms with Gasteiger partial charge in [0.1, 0.15) is 0 Å². The number of fused-ring (bicyclic) bond motifs is 1. The number of primary amides is 1. The molecular formula is C13H23NO. The predicted molar refractivity (Wildman–Crippen MR) is 61.1 cm³/mol. The highest BCUT2D eigenvalue weighted by Crippen LogP contribution is 2.45. The third-order valence-corrected chi connectivity index (χ3v) is 4.70. The third-order valence-electron chi connectivity index (χ3n) is 4.70. The smallest absolute Gasteiger partial charge is 0.220 e. The van der Waals surface area contributed by atoms with Crippen molar-refractivity contribution in [2.24, 2.45) is 29.4 Å². The highest BCUT2D eigenvalue weighted by Gasteiger charge is 2.36. The van der Waals surface area contributed by atoms with Crippen molar-refractivity contribution in [3.05, 3.63) is 0 Å². The first kappa shape index (κ1) is 11.0. The zero-order valence-corrected chi connectivity index (χ0v) is 9.74. The Kier molecular flexibility index (Phi) is 3.32. The van der Waals surface area contributed by atoms with Gasteiger partial charge in [-0.25, -0.2) is 0 Å². The Morgan fingerprint density at radius 1 is 1.13 bits per heavy atom. The molecule has 0 aliphatic heterocycles. The van der Waals surface area contributed by atoms with Crippen LogP contribution < -0.4 is 5.73 Å². The van der Waals surface area contributed by atoms with Crippen LogP contribution in [0.25, 0.3) is 0 Å². The topological polar surface area (TPSA) is 43.1 Å². The molecule has 0 spiro atoms. The van der Waals surface area contributed by atoms with Gasteiger partial charge in [-0.05, 0) is 49.9 Å². The standard InChI is InChI=1S/C13H23NO/c1-2-9-3-4-11-8-12(13(14)15)6-5-10(11)7-9/h9-12H,2-8H2,1H3,(H2,14,15)/t9?,10-,11?,12+/m0/s1. The van der Waals surface area contributed by atoms with E-state index in [-0.39, 0.29) is 11.8 Å². The molecule has 2 nitrogen and oxygen atoms in total. The lowest BCUT2D eigenvalue weighted by Crippen LogP contribution is -2.35. The van der Waals surface area contributed by atoms with Crippen LogP contribution in [-0.4, -0.2) is 5.91 Å². The van der Waals surface area contributed by atoms with Crippen molar-refractivity contribution < 1.29 is 4.79 Å². The highest BCUT2D eigenvalue weighted by molar-refractivity contribution is 5.76. The summed E-state index contributed by atoms with van der Waals surface area (Å²) in [6.45, 7) is 2.31. The van der Waals surface area contributed by atoms with E-state index in [2.05, 4.69) is 6.92 Å². The summed E-state index contributed by atoms with van der Waals surface area (Å²) in [4.78, 5) is 11.2. The summed E-state index contributed by atoms with van der Waals surface area (Å²) in [6.07, 6.45) is 8.84. The van der Waals surface area contributed by atoms with Gasteiger partial charge >= 0.3 is 0 Å². The molecule has 0 radical (unpaired) electrons. The number of carbonyl (C=O) groups excluding carboxylic acids is 1. The first-order valence-corrected chi connectivity index (χ1v) is 6.50. The Morgan fingerprint density at radius 2 is 1.80 bits per heavy atom. The zero-order valence-electron chi connectivity index (χ0n) is 9.74. The van der Waals surface area contributed by atoms with Crippen LogP contribution in [0.2, 0.25) is 0 Å². The van der Waals surface area contributed by atoms with E-state index in [9.17, 15) is 4.79 Å². The van der Waals surface area contributed by atoms with E-state index in [0.29, 0.717) is 0 Å². The molecule has 0 aromatic rings. The van der Waals surface area contributed by atoms with Crippen molar-refractivity contribution in [2.75, 3.05) is 0 Å². The molecule has 0 bridgehead atoms. The molecule has 2 rings (SSSR count). The summed E-state index contributed by atoms with van der Waals surface area (Å²) in [5.41, 5.74) is 5.40. The maximum atomic E-state index is 11.2. The zero-order chi connectivity index (χ0) is 10.8. The van der Waals surface area contributed by atoms with Crippen molar-refractivity contribution >= 4 is 5.91 Å². The number of nitrogens with two attached hydrogens (primary N) is 1. The molecule has 2 aliphatic rings. The monoisotopic (exact) mass is 209 g/mol. The Morgan fingerprint density at radius 3 is 2.47 bits per heavy atom. The lowest BCUT2D eigenvalue weighted by atomic mass is 9.64. The van der Waals surface area contributed by atoms with Crippen LogP contribution in [0.15, 0.2) is 0 Å². The van der Waals surface area contributed by atoms with Gasteiger partial charge in [0.25, 0.3) is 0 Å². The maximum absolute atomic E-state index is 11.2. The molecule has 1 amide bonds. The molecule has 0 aromatic carbocycles. The maximum Gasteiger partial charge on any atom is 0.220 e. The minimum absolute atomic E-state index is 0.0638. The molecular weight excluding hydrogens is 186 g/mol. The lowest BCUT2D eigenvalue weighted by molar-refractivity contribution is -0.124. The van der Waals surface area contributed by atoms with Gasteiger partial charge in [0.2, 0.25) is 5.91 Å². The third kappa shape index (κ3) is 2.35. The second-order valence-electron chi connectivity index (χ2n) is 5.52. The van der Waals surface area contributed by atoms with Crippen LogP contribution >= 0.6 is 0 Å². The second kappa shape index (κ2) is 4.54. The van der Waals surface area contributed by atoms with E-state index in [4.69, 9.17) is 5.73 Å². The summed E-state index contributed by atoms with van der Waals surface area (Å²) in [6, 6.07) is 0. The SMILES string of the molecule is CCC1CCC2C[C@H](C(N)=O)CC[C@H]2C1. The number of hydrogen-bond donors (Lipinski definition) is 1. The fraction of sp³-hybridized carbons (Fsp3) is 0.923. The fourth-order valence-electron chi connectivity index (χ4n) is 3.62. The van der Waals surface area contributed by atoms with Gasteiger partial charge in [0.05, 0.1) is 0 Å². The van der Waals surface area contributed by atoms with Crippen molar-refractivity contribution in [1.82, 2.24) is 0 Å². The highest BCUT2D eigenvalue weighted by atomic mass is 16.1. The molecule has 86 valence electrons. The Labute approximate surface area is 92.6 Å². The summed E-state index contributed by atoms with van der Waals surface area (Å²) < 4.78 is 0. The van der Waals surface area contributed by atoms with Gasteiger partial charge in [0, 0.05) is 5.92 Å². The molecule has 2 heteroatoms. The van der Waals surface area contributed by atoms with E-state index in [1.165, 1.54) is 32.1 Å². The van der Waals surface area contributed by atoms with E-state index in [0.717, 1.165) is 30.6 Å². The molecule has 2 saturated carbocycles. The molecule has 4 atom stereocenters. The average Bonchev–Trinajstić information content (AvgIpc) is 2.27. The Balaban J connectivity index is 1.91. The minimum Gasteiger partial charge on any atom is -0.369 e. The van der Waals surface area contributed by atoms with Crippen molar-refractivity contribution in [3.8, 4) is 0 Å². The van der Waals surface area contributed by atoms with E-state index in [1.54, 1.807) is 0 Å². The molecule has 2 aliphatic carbocycles. The average molecular weight is 209 g/mol. The van der Waals surface area contributed by atoms with Crippen molar-refractivity contribution in [2.45, 2.75) is 51.9 Å². The number of hydrogen-bond acceptors (Lipinski definition) is 1. The van der Waals surface area contributed by atoms with Crippen LogP contribution in [0.5, 0.6) is 0 Å². The largest absolute Gasteiger partial charge is 0.369 e. The molecule has 2 N–H and O–H groups in total. The molecule has 2 unspecified atom stereocenters. The van der Waals surface area contributed by atoms with Crippen LogP contribution in [0.1, 0.15) is 51.9 Å². The van der Waals surface area contributed by atoms with Crippen LogP contribution in [0.4, 0.5) is 0 Å². The molecule has 0 saturated heterocycles. The molecule has 15 heavy (non-hydrogen) atoms. The molecule has 0 heterocycles. The Bertz CT molecular complexity index is 239. The van der Waals surface area contributed by atoms with Gasteiger partial charge < -0.3 is 5.73 Å². The number of amides is 1. The summed E-state index contributed by atoms with van der Waals surface area (Å²) in [7, 11) is 0. The van der Waals surface area contributed by atoms with Gasteiger partial charge in [0.15, 0.2) is 0 Å². The fourth-order valence-corrected chi connectivity index (χ4v) is 3.62. The van der Waals surface area contributed by atoms with E-state index < -0.39 is 0 Å². The summed E-state index contributed by atoms with van der Waals surface area (Å²) in [5, 5.41) is 0. The van der Waals surface area contributed by atoms with Gasteiger partial charge in [-0.1, -0.05) is 19.8 Å². The first-order chi connectivity index (χ1) is 7.20. The summed E-state index contributed by atoms with van der Waals surface area (Å²) in [5.74, 6) is 2.78. The molecule has 2 fully saturated rings. The van der Waals surface area contributed by atoms with Gasteiger partial charge in [-0.3, -0.25) is 4.79 Å². The Hall–Kier alpha value is -0.530. The van der Waals surface area contributed by atoms with E-state index >= 15 is 0 Å².